The highest BCUT2D eigenvalue weighted by Crippen LogP contribution is 2.20. The van der Waals surface area contributed by atoms with Gasteiger partial charge in [0.2, 0.25) is 0 Å². The van der Waals surface area contributed by atoms with Crippen molar-refractivity contribution in [2.45, 2.75) is 31.1 Å². The molecule has 1 aliphatic rings. The molecule has 0 amide bonds. The summed E-state index contributed by atoms with van der Waals surface area (Å²) < 4.78 is 17.2. The maximum Gasteiger partial charge on any atom is 0.189 e. The standard InChI is InChI=1S/C6H11FO4/c7-5-4(9)1-3(2-8)11-6(5)10/h3-6,8-10H,1-2H2. The largest absolute Gasteiger partial charge is 0.394 e. The average Bonchev–Trinajstić information content (AvgIpc) is 1.99. The molecular formula is C6H11FO4. The zero-order valence-corrected chi connectivity index (χ0v) is 5.85. The molecule has 4 atom stereocenters. The smallest absolute Gasteiger partial charge is 0.189 e. The molecule has 1 heterocycles. The molecule has 4 nitrogen and oxygen atoms in total. The molecule has 66 valence electrons. The van der Waals surface area contributed by atoms with Gasteiger partial charge in [-0.15, -0.1) is 0 Å². The molecule has 1 aliphatic heterocycles. The maximum absolute atomic E-state index is 12.6. The van der Waals surface area contributed by atoms with Crippen LogP contribution in [0, 0.1) is 0 Å². The van der Waals surface area contributed by atoms with Gasteiger partial charge in [0.15, 0.2) is 12.5 Å². The van der Waals surface area contributed by atoms with E-state index in [0.29, 0.717) is 0 Å². The lowest BCUT2D eigenvalue weighted by Crippen LogP contribution is -2.46. The van der Waals surface area contributed by atoms with Gasteiger partial charge in [-0.05, 0) is 0 Å². The molecule has 11 heavy (non-hydrogen) atoms. The minimum atomic E-state index is -1.77. The number of ether oxygens (including phenoxy) is 1. The van der Waals surface area contributed by atoms with E-state index >= 15 is 0 Å². The van der Waals surface area contributed by atoms with E-state index < -0.39 is 24.7 Å². The number of alkyl halides is 1. The highest BCUT2D eigenvalue weighted by Gasteiger charge is 2.36. The van der Waals surface area contributed by atoms with Crippen LogP contribution in [0.25, 0.3) is 0 Å². The molecule has 5 heteroatoms. The summed E-state index contributed by atoms with van der Waals surface area (Å²) >= 11 is 0. The van der Waals surface area contributed by atoms with Gasteiger partial charge in [0.25, 0.3) is 0 Å². The topological polar surface area (TPSA) is 69.9 Å². The fourth-order valence-corrected chi connectivity index (χ4v) is 1.03. The molecule has 0 saturated carbocycles. The van der Waals surface area contributed by atoms with E-state index in [1.54, 1.807) is 0 Å². The molecular weight excluding hydrogens is 155 g/mol. The predicted molar refractivity (Wildman–Crippen MR) is 33.5 cm³/mol. The highest BCUT2D eigenvalue weighted by atomic mass is 19.1. The molecule has 3 N–H and O–H groups in total. The van der Waals surface area contributed by atoms with Crippen molar-refractivity contribution in [2.24, 2.45) is 0 Å². The SMILES string of the molecule is OCC1CC(O)C(F)C(O)O1. The zero-order chi connectivity index (χ0) is 8.43. The van der Waals surface area contributed by atoms with Gasteiger partial charge in [0.1, 0.15) is 0 Å². The van der Waals surface area contributed by atoms with E-state index in [9.17, 15) is 4.39 Å². The van der Waals surface area contributed by atoms with Crippen LogP contribution in [0.15, 0.2) is 0 Å². The van der Waals surface area contributed by atoms with Crippen LogP contribution in [0.5, 0.6) is 0 Å². The van der Waals surface area contributed by atoms with Gasteiger partial charge in [0, 0.05) is 6.42 Å². The van der Waals surface area contributed by atoms with Crippen molar-refractivity contribution in [3.8, 4) is 0 Å². The van der Waals surface area contributed by atoms with E-state index in [4.69, 9.17) is 15.3 Å². The van der Waals surface area contributed by atoms with Crippen LogP contribution in [-0.4, -0.2) is 46.6 Å². The van der Waals surface area contributed by atoms with Gasteiger partial charge in [-0.3, -0.25) is 0 Å². The Balaban J connectivity index is 2.47. The summed E-state index contributed by atoms with van der Waals surface area (Å²) in [6.07, 6.45) is -5.26. The molecule has 0 aromatic heterocycles. The van der Waals surface area contributed by atoms with Crippen LogP contribution in [0.3, 0.4) is 0 Å². The Kier molecular flexibility index (Phi) is 2.78. The lowest BCUT2D eigenvalue weighted by molar-refractivity contribution is -0.233. The van der Waals surface area contributed by atoms with Gasteiger partial charge in [-0.25, -0.2) is 4.39 Å². The summed E-state index contributed by atoms with van der Waals surface area (Å²) in [7, 11) is 0. The summed E-state index contributed by atoms with van der Waals surface area (Å²) in [6.45, 7) is -0.319. The summed E-state index contributed by atoms with van der Waals surface area (Å²) in [5, 5.41) is 26.2. The average molecular weight is 166 g/mol. The molecule has 0 bridgehead atoms. The van der Waals surface area contributed by atoms with Crippen LogP contribution in [-0.2, 0) is 4.74 Å². The van der Waals surface area contributed by atoms with Gasteiger partial charge >= 0.3 is 0 Å². The van der Waals surface area contributed by atoms with Gasteiger partial charge in [-0.2, -0.15) is 0 Å². The van der Waals surface area contributed by atoms with Crippen LogP contribution in [0.4, 0.5) is 4.39 Å². The van der Waals surface area contributed by atoms with Gasteiger partial charge < -0.3 is 20.1 Å². The molecule has 0 aliphatic carbocycles. The van der Waals surface area contributed by atoms with Crippen LogP contribution in [0.2, 0.25) is 0 Å². The first-order valence-electron chi connectivity index (χ1n) is 3.41. The van der Waals surface area contributed by atoms with Crippen molar-refractivity contribution in [3.63, 3.8) is 0 Å². The maximum atomic E-state index is 12.6. The van der Waals surface area contributed by atoms with Gasteiger partial charge in [-0.1, -0.05) is 0 Å². The van der Waals surface area contributed by atoms with E-state index in [-0.39, 0.29) is 13.0 Å². The third kappa shape index (κ3) is 1.87. The first kappa shape index (κ1) is 8.86. The van der Waals surface area contributed by atoms with E-state index in [0.717, 1.165) is 0 Å². The Hall–Kier alpha value is -0.230. The number of hydrogen-bond acceptors (Lipinski definition) is 4. The van der Waals surface area contributed by atoms with E-state index in [1.807, 2.05) is 0 Å². The van der Waals surface area contributed by atoms with Crippen molar-refractivity contribution < 1.29 is 24.4 Å². The first-order chi connectivity index (χ1) is 5.15. The van der Waals surface area contributed by atoms with Crippen molar-refractivity contribution in [1.29, 1.82) is 0 Å². The summed E-state index contributed by atoms with van der Waals surface area (Å²) in [4.78, 5) is 0. The van der Waals surface area contributed by atoms with Crippen molar-refractivity contribution in [3.05, 3.63) is 0 Å². The van der Waals surface area contributed by atoms with Crippen LogP contribution < -0.4 is 0 Å². The molecule has 1 fully saturated rings. The normalized spacial score (nSPS) is 45.8. The molecule has 1 saturated heterocycles. The number of aliphatic hydroxyl groups is 3. The van der Waals surface area contributed by atoms with E-state index in [1.165, 1.54) is 0 Å². The third-order valence-electron chi connectivity index (χ3n) is 1.68. The third-order valence-corrected chi connectivity index (χ3v) is 1.68. The Morgan fingerprint density at radius 2 is 2.09 bits per heavy atom. The molecule has 1 rings (SSSR count). The molecule has 0 radical (unpaired) electrons. The van der Waals surface area contributed by atoms with Crippen LogP contribution >= 0.6 is 0 Å². The van der Waals surface area contributed by atoms with Gasteiger partial charge in [0.05, 0.1) is 18.8 Å². The summed E-state index contributed by atoms with van der Waals surface area (Å²) in [6, 6.07) is 0. The quantitative estimate of drug-likeness (QED) is 0.457. The Morgan fingerprint density at radius 1 is 1.45 bits per heavy atom. The minimum Gasteiger partial charge on any atom is -0.394 e. The number of halogens is 1. The second-order valence-electron chi connectivity index (χ2n) is 2.58. The predicted octanol–water partition coefficient (Wildman–Crippen LogP) is -1.22. The van der Waals surface area contributed by atoms with Crippen molar-refractivity contribution in [1.82, 2.24) is 0 Å². The molecule has 0 aromatic rings. The first-order valence-corrected chi connectivity index (χ1v) is 3.41. The van der Waals surface area contributed by atoms with E-state index in [2.05, 4.69) is 4.74 Å². The summed E-state index contributed by atoms with van der Waals surface area (Å²) in [5.41, 5.74) is 0. The highest BCUT2D eigenvalue weighted by molar-refractivity contribution is 4.79. The number of rotatable bonds is 1. The second-order valence-corrected chi connectivity index (χ2v) is 2.58. The Labute approximate surface area is 63.2 Å². The molecule has 4 unspecified atom stereocenters. The minimum absolute atomic E-state index is 0.0225. The Bertz CT molecular complexity index is 120. The lowest BCUT2D eigenvalue weighted by atomic mass is 10.0. The van der Waals surface area contributed by atoms with Crippen LogP contribution in [0.1, 0.15) is 6.42 Å². The fourth-order valence-electron chi connectivity index (χ4n) is 1.03. The lowest BCUT2D eigenvalue weighted by Gasteiger charge is -2.31. The molecule has 0 aromatic carbocycles. The Morgan fingerprint density at radius 3 is 2.55 bits per heavy atom. The monoisotopic (exact) mass is 166 g/mol. The van der Waals surface area contributed by atoms with Crippen molar-refractivity contribution in [2.75, 3.05) is 6.61 Å². The number of hydrogen-bond donors (Lipinski definition) is 3. The van der Waals surface area contributed by atoms with Crippen molar-refractivity contribution >= 4 is 0 Å². The second kappa shape index (κ2) is 3.44. The molecule has 0 spiro atoms. The summed E-state index contributed by atoms with van der Waals surface area (Å²) in [5.74, 6) is 0. The fraction of sp³-hybridized carbons (Fsp3) is 1.00. The zero-order valence-electron chi connectivity index (χ0n) is 5.85. The number of aliphatic hydroxyl groups excluding tert-OH is 3.